The highest BCUT2D eigenvalue weighted by Gasteiger charge is 2.41. The lowest BCUT2D eigenvalue weighted by Gasteiger charge is -2.41. The largest absolute Gasteiger partial charge is 0.396 e. The first-order valence-electron chi connectivity index (χ1n) is 8.51. The average molecular weight is 369 g/mol. The number of likely N-dealkylation sites (tertiary alicyclic amines) is 1. The summed E-state index contributed by atoms with van der Waals surface area (Å²) in [6.45, 7) is 1.24. The molecule has 1 saturated heterocycles. The highest BCUT2D eigenvalue weighted by molar-refractivity contribution is 6.31. The number of benzene rings is 1. The fraction of sp³-hybridized carbons (Fsp3) is 0.556. The van der Waals surface area contributed by atoms with Gasteiger partial charge in [-0.25, -0.2) is 0 Å². The van der Waals surface area contributed by atoms with Crippen molar-refractivity contribution in [1.29, 1.82) is 0 Å². The molecule has 2 atom stereocenters. The summed E-state index contributed by atoms with van der Waals surface area (Å²) < 4.78 is 5.13. The summed E-state index contributed by atoms with van der Waals surface area (Å²) in [5, 5.41) is 12.3. The first-order valence-corrected chi connectivity index (χ1v) is 8.89. The van der Waals surface area contributed by atoms with Crippen LogP contribution in [0.4, 0.5) is 0 Å². The van der Waals surface area contributed by atoms with Gasteiger partial charge in [-0.2, -0.15) is 0 Å². The number of halogens is 1. The van der Waals surface area contributed by atoms with Gasteiger partial charge in [0.2, 0.25) is 11.8 Å². The number of carbonyl (C=O) groups is 2. The van der Waals surface area contributed by atoms with E-state index in [2.05, 4.69) is 5.32 Å². The SMILES string of the molecule is COCCN1C(=O)CC[C@@H](C(=O)NCCCO)[C@@H]1c1ccccc1Cl. The molecule has 138 valence electrons. The maximum Gasteiger partial charge on any atom is 0.225 e. The number of ether oxygens (including phenoxy) is 1. The Morgan fingerprint density at radius 2 is 2.20 bits per heavy atom. The monoisotopic (exact) mass is 368 g/mol. The number of nitrogens with one attached hydrogen (secondary N) is 1. The molecule has 0 unspecified atom stereocenters. The molecule has 0 aliphatic carbocycles. The number of methoxy groups -OCH3 is 1. The van der Waals surface area contributed by atoms with Crippen molar-refractivity contribution in [3.8, 4) is 0 Å². The smallest absolute Gasteiger partial charge is 0.225 e. The normalized spacial score (nSPS) is 20.6. The number of amides is 2. The topological polar surface area (TPSA) is 78.9 Å². The summed E-state index contributed by atoms with van der Waals surface area (Å²) in [5.74, 6) is -0.497. The molecule has 25 heavy (non-hydrogen) atoms. The molecule has 0 radical (unpaired) electrons. The van der Waals surface area contributed by atoms with Crippen LogP contribution in [0.25, 0.3) is 0 Å². The van der Waals surface area contributed by atoms with Crippen LogP contribution in [-0.2, 0) is 14.3 Å². The van der Waals surface area contributed by atoms with Crippen molar-refractivity contribution >= 4 is 23.4 Å². The van der Waals surface area contributed by atoms with E-state index in [4.69, 9.17) is 21.4 Å². The predicted molar refractivity (Wildman–Crippen MR) is 95.2 cm³/mol. The van der Waals surface area contributed by atoms with Gasteiger partial charge in [0.1, 0.15) is 0 Å². The Bertz CT molecular complexity index is 596. The molecular weight excluding hydrogens is 344 g/mol. The van der Waals surface area contributed by atoms with Crippen LogP contribution in [0.2, 0.25) is 5.02 Å². The van der Waals surface area contributed by atoms with Gasteiger partial charge in [0, 0.05) is 38.2 Å². The van der Waals surface area contributed by atoms with Gasteiger partial charge < -0.3 is 20.1 Å². The summed E-state index contributed by atoms with van der Waals surface area (Å²) in [7, 11) is 1.58. The molecule has 7 heteroatoms. The quantitative estimate of drug-likeness (QED) is 0.685. The zero-order valence-electron chi connectivity index (χ0n) is 14.4. The minimum absolute atomic E-state index is 0.00128. The number of aliphatic hydroxyl groups is 1. The minimum atomic E-state index is -0.417. The van der Waals surface area contributed by atoms with E-state index in [0.717, 1.165) is 5.56 Å². The third-order valence-electron chi connectivity index (χ3n) is 4.44. The van der Waals surface area contributed by atoms with E-state index >= 15 is 0 Å². The second-order valence-electron chi connectivity index (χ2n) is 6.06. The van der Waals surface area contributed by atoms with Crippen LogP contribution >= 0.6 is 11.6 Å². The standard InChI is InChI=1S/C18H25ClN2O4/c1-25-12-10-21-16(23)8-7-14(18(24)20-9-4-11-22)17(21)13-5-2-3-6-15(13)19/h2-3,5-6,14,17,22H,4,7-12H2,1H3,(H,20,24)/t14-,17+/m1/s1. The molecule has 0 aromatic heterocycles. The van der Waals surface area contributed by atoms with E-state index in [1.165, 1.54) is 0 Å². The van der Waals surface area contributed by atoms with Crippen LogP contribution in [0.15, 0.2) is 24.3 Å². The van der Waals surface area contributed by atoms with E-state index in [1.807, 2.05) is 18.2 Å². The van der Waals surface area contributed by atoms with Gasteiger partial charge in [-0.3, -0.25) is 9.59 Å². The van der Waals surface area contributed by atoms with Gasteiger partial charge in [-0.05, 0) is 24.5 Å². The Hall–Kier alpha value is -1.63. The predicted octanol–water partition coefficient (Wildman–Crippen LogP) is 1.76. The molecule has 1 aromatic rings. The molecule has 0 spiro atoms. The third kappa shape index (κ3) is 4.93. The molecule has 2 amide bonds. The lowest BCUT2D eigenvalue weighted by Crippen LogP contribution is -2.49. The lowest BCUT2D eigenvalue weighted by molar-refractivity contribution is -0.144. The Labute approximate surface area is 153 Å². The molecule has 2 rings (SSSR count). The second kappa shape index (κ2) is 9.75. The van der Waals surface area contributed by atoms with Gasteiger partial charge in [0.05, 0.1) is 18.6 Å². The van der Waals surface area contributed by atoms with Crippen LogP contribution < -0.4 is 5.32 Å². The summed E-state index contributed by atoms with van der Waals surface area (Å²) >= 11 is 6.37. The molecule has 1 fully saturated rings. The Balaban J connectivity index is 2.30. The van der Waals surface area contributed by atoms with Crippen molar-refractivity contribution < 1.29 is 19.4 Å². The number of nitrogens with zero attached hydrogens (tertiary/aromatic N) is 1. The van der Waals surface area contributed by atoms with Crippen LogP contribution in [0.5, 0.6) is 0 Å². The van der Waals surface area contributed by atoms with Crippen molar-refractivity contribution in [2.24, 2.45) is 5.92 Å². The highest BCUT2D eigenvalue weighted by Crippen LogP contribution is 2.39. The summed E-state index contributed by atoms with van der Waals surface area (Å²) in [5.41, 5.74) is 0.774. The Kier molecular flexibility index (Phi) is 7.68. The van der Waals surface area contributed by atoms with Crippen LogP contribution in [-0.4, -0.2) is 55.2 Å². The van der Waals surface area contributed by atoms with Gasteiger partial charge in [0.15, 0.2) is 0 Å². The minimum Gasteiger partial charge on any atom is -0.396 e. The van der Waals surface area contributed by atoms with Gasteiger partial charge in [0.25, 0.3) is 0 Å². The molecule has 2 N–H and O–H groups in total. The summed E-state index contributed by atoms with van der Waals surface area (Å²) in [6.07, 6.45) is 1.30. The Morgan fingerprint density at radius 1 is 1.44 bits per heavy atom. The van der Waals surface area contributed by atoms with E-state index in [1.54, 1.807) is 18.1 Å². The molecule has 0 saturated carbocycles. The lowest BCUT2D eigenvalue weighted by atomic mass is 9.83. The molecule has 6 nitrogen and oxygen atoms in total. The Morgan fingerprint density at radius 3 is 2.88 bits per heavy atom. The summed E-state index contributed by atoms with van der Waals surface area (Å²) in [4.78, 5) is 26.9. The van der Waals surface area contributed by atoms with Crippen molar-refractivity contribution in [2.45, 2.75) is 25.3 Å². The number of piperidine rings is 1. The van der Waals surface area contributed by atoms with Crippen LogP contribution in [0, 0.1) is 5.92 Å². The number of hydrogen-bond donors (Lipinski definition) is 2. The first kappa shape index (κ1) is 19.7. The van der Waals surface area contributed by atoms with Crippen LogP contribution in [0.1, 0.15) is 30.9 Å². The maximum absolute atomic E-state index is 12.7. The van der Waals surface area contributed by atoms with Gasteiger partial charge in [-0.1, -0.05) is 29.8 Å². The molecule has 1 aliphatic heterocycles. The zero-order chi connectivity index (χ0) is 18.2. The van der Waals surface area contributed by atoms with Crippen molar-refractivity contribution in [2.75, 3.05) is 33.4 Å². The van der Waals surface area contributed by atoms with Gasteiger partial charge in [-0.15, -0.1) is 0 Å². The molecule has 1 aliphatic rings. The number of aliphatic hydroxyl groups excluding tert-OH is 1. The second-order valence-corrected chi connectivity index (χ2v) is 6.47. The molecular formula is C18H25ClN2O4. The fourth-order valence-electron chi connectivity index (χ4n) is 3.20. The zero-order valence-corrected chi connectivity index (χ0v) is 15.2. The third-order valence-corrected chi connectivity index (χ3v) is 4.78. The van der Waals surface area contributed by atoms with Crippen molar-refractivity contribution in [3.63, 3.8) is 0 Å². The van der Waals surface area contributed by atoms with Crippen molar-refractivity contribution in [1.82, 2.24) is 10.2 Å². The molecule has 0 bridgehead atoms. The number of rotatable bonds is 8. The highest BCUT2D eigenvalue weighted by atomic mass is 35.5. The molecule has 1 aromatic carbocycles. The molecule has 1 heterocycles. The number of hydrogen-bond acceptors (Lipinski definition) is 4. The average Bonchev–Trinajstić information content (AvgIpc) is 2.61. The van der Waals surface area contributed by atoms with E-state index < -0.39 is 6.04 Å². The number of carbonyl (C=O) groups excluding carboxylic acids is 2. The van der Waals surface area contributed by atoms with Crippen LogP contribution in [0.3, 0.4) is 0 Å². The fourth-order valence-corrected chi connectivity index (χ4v) is 3.45. The maximum atomic E-state index is 12.7. The first-order chi connectivity index (χ1) is 12.1. The van der Waals surface area contributed by atoms with E-state index in [0.29, 0.717) is 44.0 Å². The van der Waals surface area contributed by atoms with Gasteiger partial charge >= 0.3 is 0 Å². The van der Waals surface area contributed by atoms with Crippen molar-refractivity contribution in [3.05, 3.63) is 34.9 Å². The summed E-state index contributed by atoms with van der Waals surface area (Å²) in [6, 6.07) is 6.89. The van der Waals surface area contributed by atoms with E-state index in [9.17, 15) is 9.59 Å². The van der Waals surface area contributed by atoms with E-state index in [-0.39, 0.29) is 24.3 Å².